The van der Waals surface area contributed by atoms with E-state index in [2.05, 4.69) is 15.9 Å². The van der Waals surface area contributed by atoms with Crippen LogP contribution in [0.15, 0.2) is 53.1 Å². The Morgan fingerprint density at radius 1 is 1.26 bits per heavy atom. The van der Waals surface area contributed by atoms with Gasteiger partial charge in [-0.1, -0.05) is 18.2 Å². The fourth-order valence-electron chi connectivity index (χ4n) is 2.36. The zero-order chi connectivity index (χ0) is 16.6. The van der Waals surface area contributed by atoms with E-state index >= 15 is 0 Å². The highest BCUT2D eigenvalue weighted by atomic mass is 79.9. The maximum Gasteiger partial charge on any atom is 0.284 e. The predicted octanol–water partition coefficient (Wildman–Crippen LogP) is 3.87. The van der Waals surface area contributed by atoms with Crippen LogP contribution in [0.2, 0.25) is 0 Å². The number of carbonyl (C=O) groups excluding carboxylic acids is 1. The summed E-state index contributed by atoms with van der Waals surface area (Å²) in [5, 5.41) is 20.9. The first-order valence-electron chi connectivity index (χ1n) is 6.51. The average molecular weight is 370 g/mol. The summed E-state index contributed by atoms with van der Waals surface area (Å²) in [5.74, 6) is -0.432. The second kappa shape index (κ2) is 5.66. The molecule has 0 fully saturated rings. The standard InChI is InChI=1S/C16H8BrN3O3/c17-13-6-5-10(7-15(13)20(22)23)16(21)19-9-11(8-18)12-3-1-2-4-14(12)19/h1-7,9H. The Kier molecular flexibility index (Phi) is 3.68. The number of rotatable bonds is 2. The van der Waals surface area contributed by atoms with Gasteiger partial charge in [0.1, 0.15) is 6.07 Å². The molecule has 112 valence electrons. The molecule has 3 aromatic rings. The highest BCUT2D eigenvalue weighted by Gasteiger charge is 2.19. The summed E-state index contributed by atoms with van der Waals surface area (Å²) in [7, 11) is 0. The number of nitro groups is 1. The Labute approximate surface area is 138 Å². The van der Waals surface area contributed by atoms with Crippen molar-refractivity contribution < 1.29 is 9.72 Å². The first kappa shape index (κ1) is 14.9. The predicted molar refractivity (Wildman–Crippen MR) is 87.2 cm³/mol. The van der Waals surface area contributed by atoms with Crippen molar-refractivity contribution in [2.75, 3.05) is 0 Å². The molecule has 0 aliphatic carbocycles. The fraction of sp³-hybridized carbons (Fsp3) is 0. The van der Waals surface area contributed by atoms with Gasteiger partial charge >= 0.3 is 0 Å². The molecular weight excluding hydrogens is 362 g/mol. The number of hydrogen-bond donors (Lipinski definition) is 0. The molecule has 0 aliphatic rings. The minimum absolute atomic E-state index is 0.171. The summed E-state index contributed by atoms with van der Waals surface area (Å²) < 4.78 is 1.63. The molecule has 0 amide bonds. The highest BCUT2D eigenvalue weighted by molar-refractivity contribution is 9.10. The molecule has 0 atom stereocenters. The van der Waals surface area contributed by atoms with Crippen LogP contribution in [0.5, 0.6) is 0 Å². The van der Waals surface area contributed by atoms with Gasteiger partial charge in [-0.2, -0.15) is 5.26 Å². The number of carbonyl (C=O) groups is 1. The Bertz CT molecular complexity index is 1000. The normalized spacial score (nSPS) is 10.4. The number of aromatic nitrogens is 1. The summed E-state index contributed by atoms with van der Waals surface area (Å²) in [6, 6.07) is 13.2. The van der Waals surface area contributed by atoms with Crippen LogP contribution >= 0.6 is 15.9 Å². The average Bonchev–Trinajstić information content (AvgIpc) is 2.93. The van der Waals surface area contributed by atoms with Crippen LogP contribution in [0.25, 0.3) is 10.9 Å². The van der Waals surface area contributed by atoms with E-state index in [1.54, 1.807) is 24.3 Å². The monoisotopic (exact) mass is 369 g/mol. The smallest absolute Gasteiger partial charge is 0.282 e. The number of para-hydroxylation sites is 1. The number of hydrogen-bond acceptors (Lipinski definition) is 4. The molecule has 3 rings (SSSR count). The van der Waals surface area contributed by atoms with Gasteiger partial charge in [-0.15, -0.1) is 0 Å². The molecule has 0 radical (unpaired) electrons. The van der Waals surface area contributed by atoms with Crippen LogP contribution < -0.4 is 0 Å². The molecule has 0 spiro atoms. The number of nitro benzene ring substituents is 1. The minimum atomic E-state index is -0.560. The van der Waals surface area contributed by atoms with Crippen LogP contribution in [-0.4, -0.2) is 15.4 Å². The first-order valence-corrected chi connectivity index (χ1v) is 7.31. The van der Waals surface area contributed by atoms with Gasteiger partial charge < -0.3 is 0 Å². The molecule has 0 saturated carbocycles. The lowest BCUT2D eigenvalue weighted by molar-refractivity contribution is -0.385. The van der Waals surface area contributed by atoms with E-state index in [9.17, 15) is 20.2 Å². The highest BCUT2D eigenvalue weighted by Crippen LogP contribution is 2.27. The molecular formula is C16H8BrN3O3. The van der Waals surface area contributed by atoms with Crippen molar-refractivity contribution >= 4 is 38.4 Å². The number of fused-ring (bicyclic) bond motifs is 1. The van der Waals surface area contributed by atoms with Gasteiger partial charge in [0.25, 0.3) is 11.6 Å². The SMILES string of the molecule is N#Cc1cn(C(=O)c2ccc(Br)c([N+](=O)[O-])c2)c2ccccc12. The Morgan fingerprint density at radius 2 is 2.00 bits per heavy atom. The molecule has 7 heteroatoms. The number of nitriles is 1. The minimum Gasteiger partial charge on any atom is -0.282 e. The van der Waals surface area contributed by atoms with E-state index in [1.165, 1.54) is 29.0 Å². The number of benzene rings is 2. The largest absolute Gasteiger partial charge is 0.284 e. The Hall–Kier alpha value is -2.98. The summed E-state index contributed by atoms with van der Waals surface area (Å²) in [5.41, 5.74) is 0.943. The fourth-order valence-corrected chi connectivity index (χ4v) is 2.75. The van der Waals surface area contributed by atoms with E-state index < -0.39 is 10.8 Å². The van der Waals surface area contributed by atoms with Crippen molar-refractivity contribution in [2.45, 2.75) is 0 Å². The molecule has 0 aliphatic heterocycles. The van der Waals surface area contributed by atoms with Gasteiger partial charge in [0.15, 0.2) is 0 Å². The van der Waals surface area contributed by atoms with E-state index in [4.69, 9.17) is 0 Å². The van der Waals surface area contributed by atoms with Crippen LogP contribution in [-0.2, 0) is 0 Å². The van der Waals surface area contributed by atoms with Crippen molar-refractivity contribution in [3.63, 3.8) is 0 Å². The third-order valence-corrected chi connectivity index (χ3v) is 4.11. The maximum absolute atomic E-state index is 12.7. The summed E-state index contributed by atoms with van der Waals surface area (Å²) in [4.78, 5) is 23.1. The van der Waals surface area contributed by atoms with E-state index in [1.807, 2.05) is 6.07 Å². The molecule has 2 aromatic carbocycles. The molecule has 0 N–H and O–H groups in total. The van der Waals surface area contributed by atoms with Gasteiger partial charge in [-0.3, -0.25) is 19.5 Å². The molecule has 1 aromatic heterocycles. The van der Waals surface area contributed by atoms with Crippen LogP contribution in [0.4, 0.5) is 5.69 Å². The lowest BCUT2D eigenvalue weighted by Gasteiger charge is -2.05. The van der Waals surface area contributed by atoms with Crippen LogP contribution in [0, 0.1) is 21.4 Å². The van der Waals surface area contributed by atoms with Crippen molar-refractivity contribution in [3.05, 3.63) is 74.4 Å². The van der Waals surface area contributed by atoms with Crippen molar-refractivity contribution in [2.24, 2.45) is 0 Å². The quantitative estimate of drug-likeness (QED) is 0.506. The van der Waals surface area contributed by atoms with E-state index in [0.29, 0.717) is 20.9 Å². The first-order chi connectivity index (χ1) is 11.0. The summed E-state index contributed by atoms with van der Waals surface area (Å²) >= 11 is 3.09. The van der Waals surface area contributed by atoms with Gasteiger partial charge in [0.05, 0.1) is 20.5 Å². The van der Waals surface area contributed by atoms with Crippen molar-refractivity contribution in [3.8, 4) is 6.07 Å². The number of nitrogens with zero attached hydrogens (tertiary/aromatic N) is 3. The lowest BCUT2D eigenvalue weighted by Crippen LogP contribution is -2.11. The molecule has 6 nitrogen and oxygen atoms in total. The summed E-state index contributed by atoms with van der Waals surface area (Å²) in [6.07, 6.45) is 1.45. The summed E-state index contributed by atoms with van der Waals surface area (Å²) in [6.45, 7) is 0. The molecule has 0 saturated heterocycles. The molecule has 0 bridgehead atoms. The Balaban J connectivity index is 2.17. The third kappa shape index (κ3) is 2.49. The van der Waals surface area contributed by atoms with Gasteiger partial charge in [0, 0.05) is 23.2 Å². The molecule has 23 heavy (non-hydrogen) atoms. The Morgan fingerprint density at radius 3 is 2.70 bits per heavy atom. The van der Waals surface area contributed by atoms with Crippen molar-refractivity contribution in [1.82, 2.24) is 4.57 Å². The second-order valence-electron chi connectivity index (χ2n) is 4.77. The molecule has 0 unspecified atom stereocenters. The van der Waals surface area contributed by atoms with Crippen LogP contribution in [0.3, 0.4) is 0 Å². The van der Waals surface area contributed by atoms with Gasteiger partial charge in [-0.25, -0.2) is 0 Å². The molecule has 1 heterocycles. The zero-order valence-corrected chi connectivity index (χ0v) is 13.1. The topological polar surface area (TPSA) is 88.9 Å². The number of halogens is 1. The van der Waals surface area contributed by atoms with Gasteiger partial charge in [-0.05, 0) is 34.1 Å². The van der Waals surface area contributed by atoms with E-state index in [0.717, 1.165) is 0 Å². The van der Waals surface area contributed by atoms with Gasteiger partial charge in [0.2, 0.25) is 0 Å². The van der Waals surface area contributed by atoms with Crippen molar-refractivity contribution in [1.29, 1.82) is 5.26 Å². The van der Waals surface area contributed by atoms with E-state index in [-0.39, 0.29) is 11.3 Å². The third-order valence-electron chi connectivity index (χ3n) is 3.44. The zero-order valence-electron chi connectivity index (χ0n) is 11.6. The van der Waals surface area contributed by atoms with Crippen LogP contribution in [0.1, 0.15) is 15.9 Å². The maximum atomic E-state index is 12.7. The second-order valence-corrected chi connectivity index (χ2v) is 5.62. The lowest BCUT2D eigenvalue weighted by atomic mass is 10.2.